The number of rotatable bonds is 24. The maximum absolute atomic E-state index is 10.4. The first-order valence-corrected chi connectivity index (χ1v) is 13.1. The number of carboxylic acids is 2. The van der Waals surface area contributed by atoms with Gasteiger partial charge in [-0.2, -0.15) is 8.42 Å². The minimum atomic E-state index is -4.10. The van der Waals surface area contributed by atoms with Crippen LogP contribution in [0.25, 0.3) is 0 Å². The first kappa shape index (κ1) is 37.2. The lowest BCUT2D eigenvalue weighted by Gasteiger charge is -2.16. The highest BCUT2D eigenvalue weighted by atomic mass is 32.2. The predicted molar refractivity (Wildman–Crippen MR) is 130 cm³/mol. The third-order valence-corrected chi connectivity index (χ3v) is 4.97. The largest absolute Gasteiger partial charge is 0.480 e. The first-order valence-electron chi connectivity index (χ1n) is 11.5. The van der Waals surface area contributed by atoms with Gasteiger partial charge in [-0.15, -0.1) is 0 Å². The van der Waals surface area contributed by atoms with Gasteiger partial charge in [0, 0.05) is 39.4 Å². The number of unbranched alkanes of at least 4 members (excludes halogenated alkanes) is 1. The summed E-state index contributed by atoms with van der Waals surface area (Å²) in [5, 5.41) is 49.6. The highest BCUT2D eigenvalue weighted by Gasteiger charge is 2.14. The average molecular weight is 564 g/mol. The molecule has 1 amide bonds. The van der Waals surface area contributed by atoms with Gasteiger partial charge in [0.1, 0.15) is 6.10 Å². The number of aliphatic carboxylic acids is 2. The van der Waals surface area contributed by atoms with E-state index in [4.69, 9.17) is 34.5 Å². The van der Waals surface area contributed by atoms with Gasteiger partial charge in [-0.05, 0) is 19.3 Å². The van der Waals surface area contributed by atoms with Gasteiger partial charge in [0.15, 0.2) is 0 Å². The number of ether oxygens (including phenoxy) is 2. The molecule has 8 N–H and O–H groups in total. The molecule has 0 aliphatic heterocycles. The van der Waals surface area contributed by atoms with Crippen molar-refractivity contribution in [1.82, 2.24) is 15.5 Å². The molecule has 0 radical (unpaired) electrons. The molecular weight excluding hydrogens is 522 g/mol. The van der Waals surface area contributed by atoms with E-state index in [2.05, 4.69) is 10.6 Å². The molecule has 2 unspecified atom stereocenters. The molecule has 0 fully saturated rings. The Hall–Kier alpha value is -1.96. The number of nitrogens with one attached hydrogen (secondary N) is 2. The van der Waals surface area contributed by atoms with Crippen molar-refractivity contribution in [2.75, 3.05) is 78.1 Å². The summed E-state index contributed by atoms with van der Waals surface area (Å²) in [5.74, 6) is -2.93. The Labute approximate surface area is 216 Å². The molecule has 37 heavy (non-hydrogen) atoms. The van der Waals surface area contributed by atoms with Crippen molar-refractivity contribution in [1.29, 1.82) is 0 Å². The van der Waals surface area contributed by atoms with Crippen molar-refractivity contribution in [2.45, 2.75) is 31.5 Å². The van der Waals surface area contributed by atoms with Crippen LogP contribution in [0.2, 0.25) is 0 Å². The van der Waals surface area contributed by atoms with Crippen molar-refractivity contribution in [3.05, 3.63) is 0 Å². The molecule has 0 aliphatic carbocycles. The number of hydrogen-bond acceptors (Lipinski definition) is 12. The van der Waals surface area contributed by atoms with Crippen LogP contribution in [-0.2, 0) is 34.0 Å². The summed E-state index contributed by atoms with van der Waals surface area (Å²) < 4.78 is 39.6. The van der Waals surface area contributed by atoms with Crippen molar-refractivity contribution in [3.8, 4) is 0 Å². The molecule has 0 aromatic rings. The second kappa shape index (κ2) is 24.4. The topological polar surface area (TPSA) is 252 Å². The average Bonchev–Trinajstić information content (AvgIpc) is 2.79. The highest BCUT2D eigenvalue weighted by molar-refractivity contribution is 7.85. The molecule has 0 heterocycles. The van der Waals surface area contributed by atoms with Gasteiger partial charge in [-0.3, -0.25) is 23.8 Å². The molecule has 0 saturated heterocycles. The van der Waals surface area contributed by atoms with Gasteiger partial charge < -0.3 is 45.6 Å². The minimum absolute atomic E-state index is 0.0284. The van der Waals surface area contributed by atoms with Crippen LogP contribution in [0.3, 0.4) is 0 Å². The van der Waals surface area contributed by atoms with Gasteiger partial charge in [-0.1, -0.05) is 0 Å². The van der Waals surface area contributed by atoms with Crippen LogP contribution >= 0.6 is 0 Å². The van der Waals surface area contributed by atoms with E-state index in [0.717, 1.165) is 17.7 Å². The van der Waals surface area contributed by atoms with E-state index in [1.807, 2.05) is 0 Å². The van der Waals surface area contributed by atoms with Gasteiger partial charge >= 0.3 is 11.9 Å². The van der Waals surface area contributed by atoms with E-state index >= 15 is 0 Å². The zero-order valence-corrected chi connectivity index (χ0v) is 21.6. The van der Waals surface area contributed by atoms with Crippen LogP contribution in [0, 0.1) is 0 Å². The fraction of sp³-hybridized carbons (Fsp3) is 0.850. The van der Waals surface area contributed by atoms with Crippen molar-refractivity contribution in [2.24, 2.45) is 0 Å². The molecule has 17 heteroatoms. The fourth-order valence-corrected chi connectivity index (χ4v) is 3.01. The number of hydrogen-bond donors (Lipinski definition) is 8. The molecule has 0 aromatic heterocycles. The SMILES string of the molecule is O=C(O)CN(CCCS(=O)(=O)O)CC(=O)O.O=CNCCNCC(O)COCCCCOCC(O)CO. The lowest BCUT2D eigenvalue weighted by atomic mass is 10.3. The number of aliphatic hydroxyl groups excluding tert-OH is 3. The number of nitrogens with zero attached hydrogens (tertiary/aromatic N) is 1. The van der Waals surface area contributed by atoms with E-state index < -0.39 is 53.1 Å². The zero-order chi connectivity index (χ0) is 28.5. The molecule has 2 atom stereocenters. The van der Waals surface area contributed by atoms with Crippen LogP contribution in [0.1, 0.15) is 19.3 Å². The summed E-state index contributed by atoms with van der Waals surface area (Å²) in [6.07, 6.45) is 0.819. The van der Waals surface area contributed by atoms with Gasteiger partial charge in [0.2, 0.25) is 6.41 Å². The van der Waals surface area contributed by atoms with Crippen LogP contribution in [0.4, 0.5) is 0 Å². The second-order valence-corrected chi connectivity index (χ2v) is 9.33. The third-order valence-electron chi connectivity index (χ3n) is 4.16. The molecule has 0 aliphatic rings. The Bertz CT molecular complexity index is 681. The molecule has 0 saturated carbocycles. The summed E-state index contributed by atoms with van der Waals surface area (Å²) >= 11 is 0. The van der Waals surface area contributed by atoms with Crippen LogP contribution in [0.15, 0.2) is 0 Å². The maximum Gasteiger partial charge on any atom is 0.317 e. The number of aliphatic hydroxyl groups is 3. The van der Waals surface area contributed by atoms with Gasteiger partial charge in [-0.25, -0.2) is 0 Å². The molecule has 0 rings (SSSR count). The van der Waals surface area contributed by atoms with Crippen molar-refractivity contribution < 1.29 is 62.4 Å². The molecular formula is C20H41N3O13S. The van der Waals surface area contributed by atoms with E-state index in [-0.39, 0.29) is 32.8 Å². The van der Waals surface area contributed by atoms with Gasteiger partial charge in [0.05, 0.1) is 44.8 Å². The normalized spacial score (nSPS) is 12.9. The highest BCUT2D eigenvalue weighted by Crippen LogP contribution is 1.96. The van der Waals surface area contributed by atoms with Crippen LogP contribution in [-0.4, -0.2) is 152 Å². The summed E-state index contributed by atoms with van der Waals surface area (Å²) in [6, 6.07) is 0. The molecule has 16 nitrogen and oxygen atoms in total. The number of carboxylic acid groups (broad SMARTS) is 2. The van der Waals surface area contributed by atoms with Crippen LogP contribution in [0.5, 0.6) is 0 Å². The number of carbonyl (C=O) groups is 3. The van der Waals surface area contributed by atoms with E-state index in [1.54, 1.807) is 0 Å². The Morgan fingerprint density at radius 2 is 1.46 bits per heavy atom. The maximum atomic E-state index is 10.4. The molecule has 0 spiro atoms. The minimum Gasteiger partial charge on any atom is -0.480 e. The Balaban J connectivity index is 0. The fourth-order valence-electron chi connectivity index (χ4n) is 2.51. The second-order valence-electron chi connectivity index (χ2n) is 7.76. The Morgan fingerprint density at radius 3 is 1.92 bits per heavy atom. The monoisotopic (exact) mass is 563 g/mol. The first-order chi connectivity index (χ1) is 17.4. The molecule has 0 aromatic carbocycles. The van der Waals surface area contributed by atoms with Gasteiger partial charge in [0.25, 0.3) is 10.1 Å². The van der Waals surface area contributed by atoms with Crippen molar-refractivity contribution >= 4 is 28.5 Å². The lowest BCUT2D eigenvalue weighted by Crippen LogP contribution is -2.35. The molecule has 0 bridgehead atoms. The predicted octanol–water partition coefficient (Wildman–Crippen LogP) is -3.41. The summed E-state index contributed by atoms with van der Waals surface area (Å²) in [4.78, 5) is 31.7. The Morgan fingerprint density at radius 1 is 0.919 bits per heavy atom. The molecule has 220 valence electrons. The standard InChI is InChI=1S/C13H28N2O6.C7H13NO7S/c16-8-13(19)10-21-6-2-1-5-20-9-12(18)7-14-3-4-15-11-17;9-6(10)4-8(5-7(11)12)2-1-3-16(13,14)15/h11-14,16,18-19H,1-10H2,(H,15,17);1-5H2,(H,9,10)(H,11,12)(H,13,14,15). The Kier molecular flexibility index (Phi) is 24.5. The van der Waals surface area contributed by atoms with E-state index in [0.29, 0.717) is 39.3 Å². The van der Waals surface area contributed by atoms with E-state index in [1.165, 1.54) is 0 Å². The summed E-state index contributed by atoms with van der Waals surface area (Å²) in [7, 11) is -4.10. The van der Waals surface area contributed by atoms with Crippen molar-refractivity contribution in [3.63, 3.8) is 0 Å². The third kappa shape index (κ3) is 32.0. The van der Waals surface area contributed by atoms with Crippen LogP contribution < -0.4 is 10.6 Å². The summed E-state index contributed by atoms with van der Waals surface area (Å²) in [5.41, 5.74) is 0. The quantitative estimate of drug-likeness (QED) is 0.0323. The number of amides is 1. The lowest BCUT2D eigenvalue weighted by molar-refractivity contribution is -0.141. The van der Waals surface area contributed by atoms with E-state index in [9.17, 15) is 27.9 Å². The number of carbonyl (C=O) groups excluding carboxylic acids is 1. The zero-order valence-electron chi connectivity index (χ0n) is 20.7. The smallest absolute Gasteiger partial charge is 0.317 e. The summed E-state index contributed by atoms with van der Waals surface area (Å²) in [6.45, 7) is 1.70.